The summed E-state index contributed by atoms with van der Waals surface area (Å²) in [7, 11) is 4.38. The maximum atomic E-state index is 13.4. The van der Waals surface area contributed by atoms with Gasteiger partial charge in [0, 0.05) is 32.8 Å². The minimum atomic E-state index is -1.47. The fourth-order valence-electron chi connectivity index (χ4n) is 6.47. The molecule has 10 atom stereocenters. The van der Waals surface area contributed by atoms with Gasteiger partial charge in [-0.1, -0.05) is 96.1 Å². The Morgan fingerprint density at radius 2 is 1.31 bits per heavy atom. The highest BCUT2D eigenvalue weighted by Gasteiger charge is 2.54. The van der Waals surface area contributed by atoms with Crippen LogP contribution >= 0.6 is 0 Å². The molecule has 0 aliphatic carbocycles. The number of methoxy groups -OCH3 is 3. The van der Waals surface area contributed by atoms with Crippen LogP contribution in [0.25, 0.3) is 10.4 Å². The van der Waals surface area contributed by atoms with Crippen LogP contribution < -0.4 is 0 Å². The second-order valence-corrected chi connectivity index (χ2v) is 12.4. The van der Waals surface area contributed by atoms with Crippen molar-refractivity contribution in [3.8, 4) is 0 Å². The summed E-state index contributed by atoms with van der Waals surface area (Å²) in [5.41, 5.74) is 11.6. The number of hydrogen-bond acceptors (Lipinski definition) is 12. The maximum Gasteiger partial charge on any atom is 0.338 e. The lowest BCUT2D eigenvalue weighted by molar-refractivity contribution is -0.347. The molecule has 0 unspecified atom stereocenters. The first-order valence-electron chi connectivity index (χ1n) is 17.2. The lowest BCUT2D eigenvalue weighted by atomic mass is 9.92. The first-order valence-corrected chi connectivity index (χ1v) is 17.2. The average molecular weight is 722 g/mol. The molecule has 2 saturated heterocycles. The highest BCUT2D eigenvalue weighted by Crippen LogP contribution is 2.35. The highest BCUT2D eigenvalue weighted by molar-refractivity contribution is 5.75. The zero-order chi connectivity index (χ0) is 36.7. The second kappa shape index (κ2) is 20.4. The van der Waals surface area contributed by atoms with Crippen molar-refractivity contribution in [2.45, 2.75) is 87.5 Å². The summed E-state index contributed by atoms with van der Waals surface area (Å²) < 4.78 is 55.3. The first kappa shape index (κ1) is 39.3. The van der Waals surface area contributed by atoms with Gasteiger partial charge in [0.05, 0.1) is 25.9 Å². The van der Waals surface area contributed by atoms with Gasteiger partial charge in [0.1, 0.15) is 49.3 Å². The summed E-state index contributed by atoms with van der Waals surface area (Å²) in [5, 5.41) is 15.0. The van der Waals surface area contributed by atoms with Gasteiger partial charge < -0.3 is 47.7 Å². The van der Waals surface area contributed by atoms with Crippen molar-refractivity contribution in [3.05, 3.63) is 118 Å². The van der Waals surface area contributed by atoms with Crippen molar-refractivity contribution < 1.29 is 52.5 Å². The van der Waals surface area contributed by atoms with Gasteiger partial charge in [-0.2, -0.15) is 0 Å². The van der Waals surface area contributed by atoms with E-state index in [2.05, 4.69) is 10.0 Å². The van der Waals surface area contributed by atoms with E-state index >= 15 is 0 Å². The average Bonchev–Trinajstić information content (AvgIpc) is 3.18. The third kappa shape index (κ3) is 10.4. The molecule has 2 aliphatic rings. The summed E-state index contributed by atoms with van der Waals surface area (Å²) in [5.74, 6) is -0.797. The van der Waals surface area contributed by atoms with Crippen LogP contribution in [0.4, 0.5) is 0 Å². The quantitative estimate of drug-likeness (QED) is 0.0849. The van der Waals surface area contributed by atoms with Crippen molar-refractivity contribution >= 4 is 5.97 Å². The molecule has 0 aromatic heterocycles. The van der Waals surface area contributed by atoms with E-state index in [4.69, 9.17) is 48.2 Å². The summed E-state index contributed by atoms with van der Waals surface area (Å²) in [6.45, 7) is 0.713. The zero-order valence-electron chi connectivity index (χ0n) is 29.5. The monoisotopic (exact) mass is 721 g/mol. The largest absolute Gasteiger partial charge is 0.459 e. The van der Waals surface area contributed by atoms with Gasteiger partial charge in [0.2, 0.25) is 0 Å². The Balaban J connectivity index is 1.44. The molecule has 3 aromatic rings. The molecule has 280 valence electrons. The number of rotatable bonds is 18. The predicted molar refractivity (Wildman–Crippen MR) is 187 cm³/mol. The number of hydrogen-bond donors (Lipinski definition) is 1. The molecule has 14 nitrogen and oxygen atoms in total. The highest BCUT2D eigenvalue weighted by atomic mass is 16.7. The lowest BCUT2D eigenvalue weighted by Crippen LogP contribution is -2.66. The molecule has 14 heteroatoms. The number of benzene rings is 3. The molecule has 5 rings (SSSR count). The van der Waals surface area contributed by atoms with E-state index in [1.807, 2.05) is 91.0 Å². The smallest absolute Gasteiger partial charge is 0.338 e. The fourth-order valence-corrected chi connectivity index (χ4v) is 6.47. The van der Waals surface area contributed by atoms with Crippen molar-refractivity contribution in [1.29, 1.82) is 0 Å². The lowest BCUT2D eigenvalue weighted by Gasteiger charge is -2.49. The van der Waals surface area contributed by atoms with Gasteiger partial charge in [0.15, 0.2) is 12.4 Å². The summed E-state index contributed by atoms with van der Waals surface area (Å²) in [4.78, 5) is 16.3. The fraction of sp³-hybridized carbons (Fsp3) is 0.500. The Hall–Kier alpha value is -3.92. The minimum absolute atomic E-state index is 0.0252. The van der Waals surface area contributed by atoms with E-state index in [0.717, 1.165) is 16.7 Å². The van der Waals surface area contributed by atoms with Gasteiger partial charge in [0.25, 0.3) is 0 Å². The minimum Gasteiger partial charge on any atom is -0.459 e. The van der Waals surface area contributed by atoms with Crippen LogP contribution in [-0.2, 0) is 67.2 Å². The molecule has 0 radical (unpaired) electrons. The SMILES string of the molecule is CO[C@@H]1[C@@H](OCc2ccccc2)[C@H](O[C@@H]2O[C@@H](C(=O)OCc3ccccc3)[C@@H](O)[C@H](OC)[C@H]2OC)[C@@H](COCc2ccccc2)O[C@@H]1CCN=[N+]=[N-]. The second-order valence-electron chi connectivity index (χ2n) is 12.4. The Morgan fingerprint density at radius 3 is 1.88 bits per heavy atom. The number of ether oxygens (including phenoxy) is 9. The standard InChI is InChI=1S/C38H47N3O11/c1-44-31-28(19-20-40-41-39)50-29(24-47-21-25-13-7-4-8-14-25)32(35(31)48-22-26-15-9-5-10-16-26)51-38-36(46-3)33(45-2)30(42)34(52-38)37(43)49-23-27-17-11-6-12-18-27/h4-18,28-36,38,42H,19-24H2,1-3H3/t28-,29-,30+,31+,32-,33+,34-,35-,36-,38-/m1/s1. The Kier molecular flexibility index (Phi) is 15.4. The number of carbonyl (C=O) groups is 1. The van der Waals surface area contributed by atoms with Crippen LogP contribution in [0.15, 0.2) is 96.1 Å². The molecule has 2 heterocycles. The zero-order valence-corrected chi connectivity index (χ0v) is 29.5. The molecule has 2 fully saturated rings. The molecular formula is C38H47N3O11. The topological polar surface area (TPSA) is 169 Å². The van der Waals surface area contributed by atoms with Crippen LogP contribution in [0.5, 0.6) is 0 Å². The number of esters is 1. The van der Waals surface area contributed by atoms with Crippen LogP contribution in [0.2, 0.25) is 0 Å². The normalized spacial score (nSPS) is 28.8. The number of aliphatic hydroxyl groups is 1. The van der Waals surface area contributed by atoms with Gasteiger partial charge in [-0.25, -0.2) is 4.79 Å². The van der Waals surface area contributed by atoms with Crippen LogP contribution in [0.1, 0.15) is 23.1 Å². The maximum absolute atomic E-state index is 13.4. The third-order valence-corrected chi connectivity index (χ3v) is 9.07. The van der Waals surface area contributed by atoms with Gasteiger partial charge in [-0.15, -0.1) is 0 Å². The van der Waals surface area contributed by atoms with Crippen molar-refractivity contribution in [3.63, 3.8) is 0 Å². The molecule has 0 amide bonds. The van der Waals surface area contributed by atoms with E-state index in [0.29, 0.717) is 13.0 Å². The molecule has 3 aromatic carbocycles. The first-order chi connectivity index (χ1) is 25.5. The van der Waals surface area contributed by atoms with Crippen LogP contribution in [0, 0.1) is 0 Å². The third-order valence-electron chi connectivity index (χ3n) is 9.07. The van der Waals surface area contributed by atoms with E-state index in [1.165, 1.54) is 14.2 Å². The summed E-state index contributed by atoms with van der Waals surface area (Å²) in [6.07, 6.45) is -9.57. The molecule has 0 spiro atoms. The van der Waals surface area contributed by atoms with E-state index in [1.54, 1.807) is 7.11 Å². The van der Waals surface area contributed by atoms with Gasteiger partial charge in [-0.3, -0.25) is 0 Å². The number of azide groups is 1. The number of nitrogens with zero attached hydrogens (tertiary/aromatic N) is 3. The Morgan fingerprint density at radius 1 is 0.731 bits per heavy atom. The van der Waals surface area contributed by atoms with Gasteiger partial charge in [-0.05, 0) is 28.6 Å². The molecule has 1 N–H and O–H groups in total. The van der Waals surface area contributed by atoms with Crippen molar-refractivity contribution in [2.24, 2.45) is 5.11 Å². The molecule has 52 heavy (non-hydrogen) atoms. The molecular weight excluding hydrogens is 674 g/mol. The van der Waals surface area contributed by atoms with Crippen molar-refractivity contribution in [2.75, 3.05) is 34.5 Å². The van der Waals surface area contributed by atoms with E-state index < -0.39 is 67.2 Å². The predicted octanol–water partition coefficient (Wildman–Crippen LogP) is 4.52. The molecule has 0 bridgehead atoms. The molecule has 0 saturated carbocycles. The van der Waals surface area contributed by atoms with Gasteiger partial charge >= 0.3 is 5.97 Å². The van der Waals surface area contributed by atoms with E-state index in [9.17, 15) is 9.90 Å². The molecule has 2 aliphatic heterocycles. The van der Waals surface area contributed by atoms with Crippen molar-refractivity contribution in [1.82, 2.24) is 0 Å². The Bertz CT molecular complexity index is 1530. The number of carbonyl (C=O) groups excluding carboxylic acids is 1. The van der Waals surface area contributed by atoms with Crippen LogP contribution in [-0.4, -0.2) is 107 Å². The summed E-state index contributed by atoms with van der Waals surface area (Å²) in [6, 6.07) is 28.5. The van der Waals surface area contributed by atoms with E-state index in [-0.39, 0.29) is 26.4 Å². The Labute approximate surface area is 303 Å². The number of aliphatic hydroxyl groups excluding tert-OH is 1. The van der Waals surface area contributed by atoms with Crippen LogP contribution in [0.3, 0.4) is 0 Å². The summed E-state index contributed by atoms with van der Waals surface area (Å²) >= 11 is 0.